The maximum Gasteiger partial charge on any atom is 0.166 e. The molecule has 32 heavy (non-hydrogen) atoms. The summed E-state index contributed by atoms with van der Waals surface area (Å²) in [5, 5.41) is 0. The van der Waals surface area contributed by atoms with Gasteiger partial charge >= 0.3 is 0 Å². The summed E-state index contributed by atoms with van der Waals surface area (Å²) >= 11 is 0. The molecular formula is C30H38F2. The van der Waals surface area contributed by atoms with E-state index in [9.17, 15) is 8.78 Å². The topological polar surface area (TPSA) is 0 Å². The number of benzene rings is 2. The molecule has 4 rings (SSSR count). The van der Waals surface area contributed by atoms with Crippen LogP contribution in [0, 0.1) is 29.4 Å². The second kappa shape index (κ2) is 10.8. The average Bonchev–Trinajstić information content (AvgIpc) is 3.39. The van der Waals surface area contributed by atoms with Crippen molar-refractivity contribution in [1.82, 2.24) is 0 Å². The van der Waals surface area contributed by atoms with E-state index in [1.807, 2.05) is 12.1 Å². The van der Waals surface area contributed by atoms with E-state index >= 15 is 0 Å². The van der Waals surface area contributed by atoms with Crippen molar-refractivity contribution in [2.75, 3.05) is 0 Å². The maximum absolute atomic E-state index is 14.7. The van der Waals surface area contributed by atoms with Gasteiger partial charge in [-0.3, -0.25) is 0 Å². The predicted molar refractivity (Wildman–Crippen MR) is 131 cm³/mol. The third-order valence-electron chi connectivity index (χ3n) is 7.94. The molecule has 172 valence electrons. The number of halogens is 2. The summed E-state index contributed by atoms with van der Waals surface area (Å²) < 4.78 is 29.3. The van der Waals surface area contributed by atoms with Gasteiger partial charge in [0.05, 0.1) is 0 Å². The summed E-state index contributed by atoms with van der Waals surface area (Å²) in [5.74, 6) is 1.26. The third-order valence-corrected chi connectivity index (χ3v) is 7.94. The van der Waals surface area contributed by atoms with Gasteiger partial charge < -0.3 is 0 Å². The lowest BCUT2D eigenvalue weighted by atomic mass is 9.85. The number of hydrogen-bond acceptors (Lipinski definition) is 0. The van der Waals surface area contributed by atoms with Crippen LogP contribution in [0.5, 0.6) is 0 Å². The van der Waals surface area contributed by atoms with Crippen LogP contribution in [-0.2, 0) is 12.8 Å². The van der Waals surface area contributed by atoms with Crippen molar-refractivity contribution in [3.8, 4) is 11.1 Å². The Balaban J connectivity index is 1.36. The van der Waals surface area contributed by atoms with Crippen LogP contribution in [0.25, 0.3) is 11.1 Å². The molecule has 0 spiro atoms. The second-order valence-corrected chi connectivity index (χ2v) is 9.97. The molecule has 2 heteroatoms. The summed E-state index contributed by atoms with van der Waals surface area (Å²) in [5.41, 5.74) is 4.56. The van der Waals surface area contributed by atoms with Crippen molar-refractivity contribution < 1.29 is 8.78 Å². The molecule has 1 saturated carbocycles. The standard InChI is InChI=1S/C30H38F2/c1-3-5-6-8-25-17-20-28(30(32)29(25)31)24-13-10-21(11-14-24)9-12-23-16-19-26-22(7-4-2)15-18-27(23)26/h10-11,13-14,16-17,20,22,26-27H,3-9,12,15,18-19H2,1-2H3. The minimum atomic E-state index is -0.711. The largest absolute Gasteiger partial charge is 0.203 e. The fraction of sp³-hybridized carbons (Fsp3) is 0.533. The zero-order valence-corrected chi connectivity index (χ0v) is 19.8. The Labute approximate surface area is 193 Å². The van der Waals surface area contributed by atoms with Gasteiger partial charge in [-0.25, -0.2) is 8.78 Å². The summed E-state index contributed by atoms with van der Waals surface area (Å²) in [6.45, 7) is 4.42. The Kier molecular flexibility index (Phi) is 7.81. The van der Waals surface area contributed by atoms with Crippen molar-refractivity contribution in [3.63, 3.8) is 0 Å². The highest BCUT2D eigenvalue weighted by molar-refractivity contribution is 5.65. The van der Waals surface area contributed by atoms with E-state index in [0.29, 0.717) is 17.5 Å². The zero-order chi connectivity index (χ0) is 22.5. The SMILES string of the molecule is CCCCCc1ccc(-c2ccc(CCC3=CCC4C(CCC)CCC34)cc2)c(F)c1F. The van der Waals surface area contributed by atoms with Crippen LogP contribution in [0.15, 0.2) is 48.0 Å². The Morgan fingerprint density at radius 1 is 0.812 bits per heavy atom. The summed E-state index contributed by atoms with van der Waals surface area (Å²) in [6.07, 6.45) is 15.1. The van der Waals surface area contributed by atoms with Crippen LogP contribution >= 0.6 is 0 Å². The molecule has 2 aromatic rings. The lowest BCUT2D eigenvalue weighted by Crippen LogP contribution is -2.11. The van der Waals surface area contributed by atoms with Gasteiger partial charge in [-0.15, -0.1) is 0 Å². The number of unbranched alkanes of at least 4 members (excludes halogenated alkanes) is 2. The first kappa shape index (κ1) is 23.2. The lowest BCUT2D eigenvalue weighted by molar-refractivity contribution is 0.338. The van der Waals surface area contributed by atoms with Gasteiger partial charge in [0.2, 0.25) is 0 Å². The normalized spacial score (nSPS) is 22.2. The molecule has 0 amide bonds. The van der Waals surface area contributed by atoms with Gasteiger partial charge in [0.15, 0.2) is 11.6 Å². The van der Waals surface area contributed by atoms with E-state index in [1.54, 1.807) is 17.7 Å². The molecule has 0 radical (unpaired) electrons. The molecule has 0 nitrogen and oxygen atoms in total. The number of fused-ring (bicyclic) bond motifs is 1. The first-order valence-corrected chi connectivity index (χ1v) is 12.9. The van der Waals surface area contributed by atoms with E-state index in [4.69, 9.17) is 0 Å². The molecule has 0 N–H and O–H groups in total. The number of allylic oxidation sites excluding steroid dienone is 2. The molecular weight excluding hydrogens is 398 g/mol. The minimum Gasteiger partial charge on any atom is -0.203 e. The lowest BCUT2D eigenvalue weighted by Gasteiger charge is -2.19. The summed E-state index contributed by atoms with van der Waals surface area (Å²) in [6, 6.07) is 11.6. The molecule has 0 heterocycles. The fourth-order valence-electron chi connectivity index (χ4n) is 6.13. The Hall–Kier alpha value is -1.96. The van der Waals surface area contributed by atoms with Crippen LogP contribution < -0.4 is 0 Å². The molecule has 3 unspecified atom stereocenters. The second-order valence-electron chi connectivity index (χ2n) is 9.97. The van der Waals surface area contributed by atoms with Gasteiger partial charge in [-0.05, 0) is 79.4 Å². The van der Waals surface area contributed by atoms with Crippen molar-refractivity contribution in [3.05, 3.63) is 70.8 Å². The smallest absolute Gasteiger partial charge is 0.166 e. The van der Waals surface area contributed by atoms with E-state index in [1.165, 1.54) is 37.7 Å². The van der Waals surface area contributed by atoms with Gasteiger partial charge in [0.25, 0.3) is 0 Å². The van der Waals surface area contributed by atoms with Gasteiger partial charge in [-0.1, -0.05) is 87.6 Å². The molecule has 0 aromatic heterocycles. The summed E-state index contributed by atoms with van der Waals surface area (Å²) in [7, 11) is 0. The van der Waals surface area contributed by atoms with Crippen LogP contribution in [-0.4, -0.2) is 0 Å². The first-order valence-electron chi connectivity index (χ1n) is 12.9. The van der Waals surface area contributed by atoms with Crippen LogP contribution in [0.3, 0.4) is 0 Å². The predicted octanol–water partition coefficient (Wildman–Crippen LogP) is 9.07. The molecule has 3 atom stereocenters. The highest BCUT2D eigenvalue weighted by atomic mass is 19.2. The first-order chi connectivity index (χ1) is 15.6. The highest BCUT2D eigenvalue weighted by Crippen LogP contribution is 2.50. The van der Waals surface area contributed by atoms with E-state index in [0.717, 1.165) is 55.4 Å². The van der Waals surface area contributed by atoms with Crippen LogP contribution in [0.1, 0.15) is 82.8 Å². The zero-order valence-electron chi connectivity index (χ0n) is 19.8. The Morgan fingerprint density at radius 2 is 1.62 bits per heavy atom. The highest BCUT2D eigenvalue weighted by Gasteiger charge is 2.39. The maximum atomic E-state index is 14.7. The molecule has 2 aliphatic carbocycles. The van der Waals surface area contributed by atoms with E-state index in [-0.39, 0.29) is 0 Å². The number of rotatable bonds is 10. The van der Waals surface area contributed by atoms with Gasteiger partial charge in [-0.2, -0.15) is 0 Å². The molecule has 0 saturated heterocycles. The number of aryl methyl sites for hydroxylation is 2. The van der Waals surface area contributed by atoms with Crippen LogP contribution in [0.2, 0.25) is 0 Å². The minimum absolute atomic E-state index is 0.363. The van der Waals surface area contributed by atoms with Gasteiger partial charge in [0.1, 0.15) is 0 Å². The molecule has 0 bridgehead atoms. The quantitative estimate of drug-likeness (QED) is 0.257. The number of hydrogen-bond donors (Lipinski definition) is 0. The Bertz CT molecular complexity index is 925. The Morgan fingerprint density at radius 3 is 2.38 bits per heavy atom. The van der Waals surface area contributed by atoms with Crippen molar-refractivity contribution in [2.24, 2.45) is 17.8 Å². The molecule has 1 fully saturated rings. The van der Waals surface area contributed by atoms with Gasteiger partial charge in [0, 0.05) is 5.56 Å². The van der Waals surface area contributed by atoms with Crippen LogP contribution in [0.4, 0.5) is 8.78 Å². The monoisotopic (exact) mass is 436 g/mol. The van der Waals surface area contributed by atoms with Crippen molar-refractivity contribution in [2.45, 2.75) is 84.5 Å². The fourth-order valence-corrected chi connectivity index (χ4v) is 6.13. The third kappa shape index (κ3) is 5.00. The van der Waals surface area contributed by atoms with Crippen molar-refractivity contribution >= 4 is 0 Å². The molecule has 2 aliphatic rings. The average molecular weight is 437 g/mol. The van der Waals surface area contributed by atoms with E-state index < -0.39 is 11.6 Å². The molecule has 0 aliphatic heterocycles. The summed E-state index contributed by atoms with van der Waals surface area (Å²) in [4.78, 5) is 0. The van der Waals surface area contributed by atoms with E-state index in [2.05, 4.69) is 32.1 Å². The molecule has 2 aromatic carbocycles. The van der Waals surface area contributed by atoms with Crippen molar-refractivity contribution in [1.29, 1.82) is 0 Å².